The van der Waals surface area contributed by atoms with Crippen molar-refractivity contribution in [3.05, 3.63) is 59.6 Å². The SMILES string of the molecule is O=C(CCc1ccco1)Cc1ccc(F)c(F)c1. The lowest BCUT2D eigenvalue weighted by Crippen LogP contribution is -2.04. The summed E-state index contributed by atoms with van der Waals surface area (Å²) in [6.07, 6.45) is 2.51. The number of halogens is 2. The van der Waals surface area contributed by atoms with Gasteiger partial charge in [0.05, 0.1) is 6.26 Å². The Labute approximate surface area is 103 Å². The molecular formula is C14H12F2O2. The summed E-state index contributed by atoms with van der Waals surface area (Å²) in [6, 6.07) is 7.06. The van der Waals surface area contributed by atoms with E-state index in [2.05, 4.69) is 0 Å². The fourth-order valence-corrected chi connectivity index (χ4v) is 1.68. The van der Waals surface area contributed by atoms with Crippen molar-refractivity contribution in [3.63, 3.8) is 0 Å². The summed E-state index contributed by atoms with van der Waals surface area (Å²) < 4.78 is 30.7. The second kappa shape index (κ2) is 5.58. The van der Waals surface area contributed by atoms with Crippen LogP contribution in [0.25, 0.3) is 0 Å². The number of furan rings is 1. The van der Waals surface area contributed by atoms with Gasteiger partial charge in [-0.3, -0.25) is 4.79 Å². The van der Waals surface area contributed by atoms with E-state index in [-0.39, 0.29) is 12.2 Å². The van der Waals surface area contributed by atoms with Crippen molar-refractivity contribution < 1.29 is 18.0 Å². The first kappa shape index (κ1) is 12.5. The van der Waals surface area contributed by atoms with Crippen molar-refractivity contribution in [3.8, 4) is 0 Å². The van der Waals surface area contributed by atoms with Gasteiger partial charge in [-0.05, 0) is 29.8 Å². The van der Waals surface area contributed by atoms with Crippen LogP contribution in [-0.4, -0.2) is 5.78 Å². The second-order valence-corrected chi connectivity index (χ2v) is 4.04. The highest BCUT2D eigenvalue weighted by Crippen LogP contribution is 2.11. The average Bonchev–Trinajstić information content (AvgIpc) is 2.84. The summed E-state index contributed by atoms with van der Waals surface area (Å²) in [5, 5.41) is 0. The molecule has 0 amide bonds. The van der Waals surface area contributed by atoms with Crippen molar-refractivity contribution in [2.45, 2.75) is 19.3 Å². The van der Waals surface area contributed by atoms with Crippen LogP contribution in [0.2, 0.25) is 0 Å². The first-order valence-electron chi connectivity index (χ1n) is 5.63. The van der Waals surface area contributed by atoms with Crippen LogP contribution in [0, 0.1) is 11.6 Å². The lowest BCUT2D eigenvalue weighted by atomic mass is 10.0. The molecule has 0 saturated carbocycles. The Balaban J connectivity index is 1.88. The number of ketones is 1. The summed E-state index contributed by atoms with van der Waals surface area (Å²) in [5.41, 5.74) is 0.485. The number of carbonyl (C=O) groups excluding carboxylic acids is 1. The van der Waals surface area contributed by atoms with Gasteiger partial charge in [0.25, 0.3) is 0 Å². The molecule has 2 nitrogen and oxygen atoms in total. The van der Waals surface area contributed by atoms with Gasteiger partial charge in [0, 0.05) is 19.3 Å². The first-order chi connectivity index (χ1) is 8.65. The number of hydrogen-bond acceptors (Lipinski definition) is 2. The van der Waals surface area contributed by atoms with Crippen molar-refractivity contribution in [1.29, 1.82) is 0 Å². The predicted octanol–water partition coefficient (Wildman–Crippen LogP) is 3.30. The van der Waals surface area contributed by atoms with Gasteiger partial charge in [-0.25, -0.2) is 8.78 Å². The minimum absolute atomic E-state index is 0.0302. The zero-order chi connectivity index (χ0) is 13.0. The quantitative estimate of drug-likeness (QED) is 0.815. The average molecular weight is 250 g/mol. The van der Waals surface area contributed by atoms with E-state index in [9.17, 15) is 13.6 Å². The molecule has 2 rings (SSSR count). The minimum Gasteiger partial charge on any atom is -0.469 e. The maximum Gasteiger partial charge on any atom is 0.159 e. The summed E-state index contributed by atoms with van der Waals surface area (Å²) in [6.45, 7) is 0. The van der Waals surface area contributed by atoms with E-state index in [1.165, 1.54) is 6.07 Å². The monoisotopic (exact) mass is 250 g/mol. The van der Waals surface area contributed by atoms with E-state index < -0.39 is 11.6 Å². The molecule has 0 spiro atoms. The van der Waals surface area contributed by atoms with Crippen LogP contribution in [0.1, 0.15) is 17.7 Å². The summed E-state index contributed by atoms with van der Waals surface area (Å²) in [7, 11) is 0. The number of rotatable bonds is 5. The van der Waals surface area contributed by atoms with Crippen molar-refractivity contribution in [2.24, 2.45) is 0 Å². The Morgan fingerprint density at radius 3 is 2.67 bits per heavy atom. The van der Waals surface area contributed by atoms with Crippen LogP contribution < -0.4 is 0 Å². The highest BCUT2D eigenvalue weighted by Gasteiger charge is 2.08. The molecule has 4 heteroatoms. The molecule has 1 aromatic carbocycles. The third-order valence-electron chi connectivity index (χ3n) is 2.62. The predicted molar refractivity (Wildman–Crippen MR) is 62.1 cm³/mol. The first-order valence-corrected chi connectivity index (χ1v) is 5.63. The van der Waals surface area contributed by atoms with Gasteiger partial charge in [-0.1, -0.05) is 6.07 Å². The molecule has 2 aromatic rings. The number of hydrogen-bond donors (Lipinski definition) is 0. The Morgan fingerprint density at radius 2 is 2.00 bits per heavy atom. The van der Waals surface area contributed by atoms with Gasteiger partial charge < -0.3 is 4.42 Å². The van der Waals surface area contributed by atoms with Gasteiger partial charge in [0.1, 0.15) is 11.5 Å². The van der Waals surface area contributed by atoms with Crippen LogP contribution in [0.3, 0.4) is 0 Å². The molecule has 0 fully saturated rings. The van der Waals surface area contributed by atoms with Crippen LogP contribution in [0.5, 0.6) is 0 Å². The number of aryl methyl sites for hydroxylation is 1. The minimum atomic E-state index is -0.925. The third kappa shape index (κ3) is 3.26. The van der Waals surface area contributed by atoms with E-state index >= 15 is 0 Å². The number of benzene rings is 1. The van der Waals surface area contributed by atoms with E-state index in [4.69, 9.17) is 4.42 Å². The largest absolute Gasteiger partial charge is 0.469 e. The highest BCUT2D eigenvalue weighted by molar-refractivity contribution is 5.81. The van der Waals surface area contributed by atoms with Crippen LogP contribution in [-0.2, 0) is 17.6 Å². The second-order valence-electron chi connectivity index (χ2n) is 4.04. The molecule has 0 aliphatic rings. The van der Waals surface area contributed by atoms with Crippen LogP contribution in [0.4, 0.5) is 8.78 Å². The zero-order valence-electron chi connectivity index (χ0n) is 9.66. The lowest BCUT2D eigenvalue weighted by Gasteiger charge is -2.01. The molecule has 1 aromatic heterocycles. The fraction of sp³-hybridized carbons (Fsp3) is 0.214. The maximum absolute atomic E-state index is 12.9. The molecule has 94 valence electrons. The van der Waals surface area contributed by atoms with Crippen molar-refractivity contribution in [2.75, 3.05) is 0 Å². The van der Waals surface area contributed by atoms with Gasteiger partial charge in [-0.15, -0.1) is 0 Å². The Kier molecular flexibility index (Phi) is 3.87. The molecule has 0 radical (unpaired) electrons. The van der Waals surface area contributed by atoms with Gasteiger partial charge in [0.15, 0.2) is 11.6 Å². The van der Waals surface area contributed by atoms with Gasteiger partial charge >= 0.3 is 0 Å². The summed E-state index contributed by atoms with van der Waals surface area (Å²) in [4.78, 5) is 11.6. The number of Topliss-reactive ketones (excluding diaryl/α,β-unsaturated/α-hetero) is 1. The zero-order valence-corrected chi connectivity index (χ0v) is 9.66. The summed E-state index contributed by atoms with van der Waals surface area (Å²) >= 11 is 0. The topological polar surface area (TPSA) is 30.2 Å². The Bertz CT molecular complexity index is 533. The Hall–Kier alpha value is -1.97. The molecule has 0 N–H and O–H groups in total. The Morgan fingerprint density at radius 1 is 1.17 bits per heavy atom. The molecule has 0 unspecified atom stereocenters. The van der Waals surface area contributed by atoms with Crippen LogP contribution in [0.15, 0.2) is 41.0 Å². The molecule has 0 aliphatic carbocycles. The summed E-state index contributed by atoms with van der Waals surface area (Å²) in [5.74, 6) is -1.11. The smallest absolute Gasteiger partial charge is 0.159 e. The maximum atomic E-state index is 12.9. The van der Waals surface area contributed by atoms with Gasteiger partial charge in [-0.2, -0.15) is 0 Å². The lowest BCUT2D eigenvalue weighted by molar-refractivity contribution is -0.118. The molecule has 18 heavy (non-hydrogen) atoms. The van der Waals surface area contributed by atoms with Gasteiger partial charge in [0.2, 0.25) is 0 Å². The molecular weight excluding hydrogens is 238 g/mol. The molecule has 0 bridgehead atoms. The molecule has 1 heterocycles. The van der Waals surface area contributed by atoms with E-state index in [1.807, 2.05) is 0 Å². The third-order valence-corrected chi connectivity index (χ3v) is 2.62. The van der Waals surface area contributed by atoms with E-state index in [0.29, 0.717) is 18.4 Å². The molecule has 0 saturated heterocycles. The van der Waals surface area contributed by atoms with Crippen molar-refractivity contribution >= 4 is 5.78 Å². The number of carbonyl (C=O) groups is 1. The fourth-order valence-electron chi connectivity index (χ4n) is 1.68. The highest BCUT2D eigenvalue weighted by atomic mass is 19.2. The van der Waals surface area contributed by atoms with E-state index in [0.717, 1.165) is 17.9 Å². The standard InChI is InChI=1S/C14H12F2O2/c15-13-6-3-10(9-14(13)16)8-11(17)4-5-12-2-1-7-18-12/h1-3,6-7,9H,4-5,8H2. The normalized spacial score (nSPS) is 10.6. The van der Waals surface area contributed by atoms with Crippen molar-refractivity contribution in [1.82, 2.24) is 0 Å². The molecule has 0 atom stereocenters. The van der Waals surface area contributed by atoms with E-state index in [1.54, 1.807) is 18.4 Å². The molecule has 0 aliphatic heterocycles. The van der Waals surface area contributed by atoms with Crippen LogP contribution >= 0.6 is 0 Å².